The van der Waals surface area contributed by atoms with Crippen LogP contribution in [0.25, 0.3) is 16.9 Å². The molecule has 0 aromatic carbocycles. The van der Waals surface area contributed by atoms with E-state index in [0.717, 1.165) is 17.8 Å². The molecule has 0 amide bonds. The summed E-state index contributed by atoms with van der Waals surface area (Å²) in [5.41, 5.74) is 4.42. The molecule has 0 fully saturated rings. The summed E-state index contributed by atoms with van der Waals surface area (Å²) in [5, 5.41) is 8.82. The van der Waals surface area contributed by atoms with E-state index in [0.29, 0.717) is 0 Å². The molecule has 0 aliphatic heterocycles. The average molecular weight is 229 g/mol. The Balaban J connectivity index is 2.29. The Bertz CT molecular complexity index is 610. The van der Waals surface area contributed by atoms with Crippen LogP contribution in [0, 0.1) is 0 Å². The smallest absolute Gasteiger partial charge is 0.153 e. The quantitative estimate of drug-likeness (QED) is 0.676. The molecule has 3 nitrogen and oxygen atoms in total. The first kappa shape index (κ1) is 9.54. The van der Waals surface area contributed by atoms with Crippen LogP contribution in [0.4, 0.5) is 0 Å². The van der Waals surface area contributed by atoms with Crippen LogP contribution in [-0.2, 0) is 6.42 Å². The van der Waals surface area contributed by atoms with Crippen LogP contribution in [0.2, 0.25) is 0 Å². The van der Waals surface area contributed by atoms with Gasteiger partial charge in [0.1, 0.15) is 0 Å². The van der Waals surface area contributed by atoms with Crippen LogP contribution >= 0.6 is 11.3 Å². The zero-order chi connectivity index (χ0) is 11.0. The normalized spacial score (nSPS) is 11.1. The van der Waals surface area contributed by atoms with E-state index in [-0.39, 0.29) is 0 Å². The molecule has 0 unspecified atom stereocenters. The lowest BCUT2D eigenvalue weighted by Crippen LogP contribution is -1.98. The highest BCUT2D eigenvalue weighted by Crippen LogP contribution is 2.24. The first-order chi connectivity index (χ1) is 7.88. The Morgan fingerprint density at radius 1 is 1.44 bits per heavy atom. The minimum atomic E-state index is 0.913. The second kappa shape index (κ2) is 3.72. The molecule has 4 heteroatoms. The number of hydrogen-bond acceptors (Lipinski definition) is 3. The third-order valence-corrected chi connectivity index (χ3v) is 3.32. The van der Waals surface area contributed by atoms with Gasteiger partial charge in [-0.2, -0.15) is 16.4 Å². The van der Waals surface area contributed by atoms with Crippen molar-refractivity contribution in [3.63, 3.8) is 0 Å². The Kier molecular flexibility index (Phi) is 2.22. The number of hydrogen-bond donors (Lipinski definition) is 0. The minimum absolute atomic E-state index is 0.913. The number of nitrogens with zero attached hydrogens (tertiary/aromatic N) is 3. The molecule has 0 aliphatic rings. The van der Waals surface area contributed by atoms with E-state index >= 15 is 0 Å². The Labute approximate surface area is 97.4 Å². The van der Waals surface area contributed by atoms with E-state index in [1.165, 1.54) is 11.1 Å². The predicted octanol–water partition coefficient (Wildman–Crippen LogP) is 3.02. The molecule has 3 aromatic rings. The number of thiophene rings is 1. The van der Waals surface area contributed by atoms with Gasteiger partial charge < -0.3 is 0 Å². The zero-order valence-electron chi connectivity index (χ0n) is 8.92. The van der Waals surface area contributed by atoms with Crippen molar-refractivity contribution in [2.75, 3.05) is 0 Å². The van der Waals surface area contributed by atoms with Crippen molar-refractivity contribution in [3.05, 3.63) is 40.8 Å². The van der Waals surface area contributed by atoms with Crippen LogP contribution in [0.3, 0.4) is 0 Å². The molecule has 80 valence electrons. The highest BCUT2D eigenvalue weighted by molar-refractivity contribution is 7.08. The average Bonchev–Trinajstić information content (AvgIpc) is 2.97. The number of aryl methyl sites for hydroxylation is 1. The maximum atomic E-state index is 4.61. The Hall–Kier alpha value is -1.68. The lowest BCUT2D eigenvalue weighted by Gasteiger charge is -2.05. The van der Waals surface area contributed by atoms with Crippen molar-refractivity contribution < 1.29 is 0 Å². The van der Waals surface area contributed by atoms with Gasteiger partial charge in [-0.3, -0.25) is 0 Å². The van der Waals surface area contributed by atoms with E-state index in [1.807, 2.05) is 10.7 Å². The summed E-state index contributed by atoms with van der Waals surface area (Å²) < 4.78 is 1.83. The molecule has 0 saturated heterocycles. The van der Waals surface area contributed by atoms with Crippen LogP contribution in [0.5, 0.6) is 0 Å². The fraction of sp³-hybridized carbons (Fsp3) is 0.167. The van der Waals surface area contributed by atoms with Gasteiger partial charge in [-0.25, -0.2) is 9.50 Å². The number of imidazole rings is 1. The topological polar surface area (TPSA) is 30.2 Å². The molecule has 3 aromatic heterocycles. The number of fused-ring (bicyclic) bond motifs is 1. The second-order valence-electron chi connectivity index (χ2n) is 3.61. The van der Waals surface area contributed by atoms with Crippen molar-refractivity contribution in [2.24, 2.45) is 0 Å². The van der Waals surface area contributed by atoms with Crippen molar-refractivity contribution in [1.29, 1.82) is 0 Å². The molecular weight excluding hydrogens is 218 g/mol. The maximum Gasteiger partial charge on any atom is 0.153 e. The highest BCUT2D eigenvalue weighted by Gasteiger charge is 2.08. The van der Waals surface area contributed by atoms with Crippen LogP contribution < -0.4 is 0 Å². The summed E-state index contributed by atoms with van der Waals surface area (Å²) in [6.07, 6.45) is 4.63. The first-order valence-electron chi connectivity index (χ1n) is 5.24. The summed E-state index contributed by atoms with van der Waals surface area (Å²) in [6, 6.07) is 4.22. The van der Waals surface area contributed by atoms with Crippen molar-refractivity contribution in [2.45, 2.75) is 13.3 Å². The first-order valence-corrected chi connectivity index (χ1v) is 6.18. The lowest BCUT2D eigenvalue weighted by molar-refractivity contribution is 0.921. The van der Waals surface area contributed by atoms with Crippen molar-refractivity contribution >= 4 is 17.0 Å². The van der Waals surface area contributed by atoms with Gasteiger partial charge in [-0.15, -0.1) is 0 Å². The standard InChI is InChI=1S/C12H11N3S/c1-2-9-7-11-13-4-5-15(11)14-12(9)10-3-6-16-8-10/h3-8H,2H2,1H3. The maximum absolute atomic E-state index is 4.61. The fourth-order valence-corrected chi connectivity index (χ4v) is 2.44. The lowest BCUT2D eigenvalue weighted by atomic mass is 10.1. The molecule has 0 bridgehead atoms. The molecule has 0 N–H and O–H groups in total. The Morgan fingerprint density at radius 2 is 2.38 bits per heavy atom. The monoisotopic (exact) mass is 229 g/mol. The van der Waals surface area contributed by atoms with Gasteiger partial charge in [0.2, 0.25) is 0 Å². The van der Waals surface area contributed by atoms with Gasteiger partial charge in [0.15, 0.2) is 5.65 Å². The van der Waals surface area contributed by atoms with Gasteiger partial charge >= 0.3 is 0 Å². The third-order valence-electron chi connectivity index (χ3n) is 2.64. The van der Waals surface area contributed by atoms with E-state index < -0.39 is 0 Å². The minimum Gasteiger partial charge on any atom is -0.236 e. The molecule has 0 spiro atoms. The van der Waals surface area contributed by atoms with Gasteiger partial charge in [-0.1, -0.05) is 6.92 Å². The number of rotatable bonds is 2. The van der Waals surface area contributed by atoms with Gasteiger partial charge in [0, 0.05) is 23.3 Å². The highest BCUT2D eigenvalue weighted by atomic mass is 32.1. The second-order valence-corrected chi connectivity index (χ2v) is 4.39. The van der Waals surface area contributed by atoms with E-state index in [2.05, 4.69) is 39.9 Å². The largest absolute Gasteiger partial charge is 0.236 e. The van der Waals surface area contributed by atoms with Crippen molar-refractivity contribution in [3.8, 4) is 11.3 Å². The molecule has 0 aliphatic carbocycles. The summed E-state index contributed by atoms with van der Waals surface area (Å²) in [4.78, 5) is 4.25. The molecule has 3 heterocycles. The summed E-state index contributed by atoms with van der Waals surface area (Å²) >= 11 is 1.70. The van der Waals surface area contributed by atoms with Crippen molar-refractivity contribution in [1.82, 2.24) is 14.6 Å². The van der Waals surface area contributed by atoms with E-state index in [9.17, 15) is 0 Å². The summed E-state index contributed by atoms with van der Waals surface area (Å²) in [5.74, 6) is 0. The third kappa shape index (κ3) is 1.42. The molecule has 0 saturated carbocycles. The van der Waals surface area contributed by atoms with E-state index in [1.54, 1.807) is 17.5 Å². The molecule has 16 heavy (non-hydrogen) atoms. The van der Waals surface area contributed by atoms with E-state index in [4.69, 9.17) is 0 Å². The predicted molar refractivity (Wildman–Crippen MR) is 65.7 cm³/mol. The van der Waals surface area contributed by atoms with Gasteiger partial charge in [0.25, 0.3) is 0 Å². The fourth-order valence-electron chi connectivity index (χ4n) is 1.80. The SMILES string of the molecule is CCc1cc2nccn2nc1-c1ccsc1. The van der Waals surface area contributed by atoms with Gasteiger partial charge in [-0.05, 0) is 29.5 Å². The molecular formula is C12H11N3S. The van der Waals surface area contributed by atoms with Gasteiger partial charge in [0.05, 0.1) is 5.69 Å². The molecule has 0 atom stereocenters. The van der Waals surface area contributed by atoms with Crippen LogP contribution in [0.15, 0.2) is 35.3 Å². The Morgan fingerprint density at radius 3 is 3.12 bits per heavy atom. The van der Waals surface area contributed by atoms with Crippen LogP contribution in [0.1, 0.15) is 12.5 Å². The molecule has 0 radical (unpaired) electrons. The molecule has 3 rings (SSSR count). The zero-order valence-corrected chi connectivity index (χ0v) is 9.74. The summed E-state index contributed by atoms with van der Waals surface area (Å²) in [7, 11) is 0. The number of aromatic nitrogens is 3. The summed E-state index contributed by atoms with van der Waals surface area (Å²) in [6.45, 7) is 2.15. The van der Waals surface area contributed by atoms with Crippen LogP contribution in [-0.4, -0.2) is 14.6 Å².